The lowest BCUT2D eigenvalue weighted by atomic mass is 10.2. The van der Waals surface area contributed by atoms with Crippen LogP contribution in [0.5, 0.6) is 0 Å². The van der Waals surface area contributed by atoms with Crippen molar-refractivity contribution in [3.63, 3.8) is 0 Å². The highest BCUT2D eigenvalue weighted by Gasteiger charge is 2.19. The maximum absolute atomic E-state index is 13.6. The van der Waals surface area contributed by atoms with Crippen molar-refractivity contribution >= 4 is 17.3 Å². The largest absolute Gasteiger partial charge is 0.354 e. The first-order valence-electron chi connectivity index (χ1n) is 9.76. The molecular weight excluding hydrogens is 372 g/mol. The van der Waals surface area contributed by atoms with Crippen LogP contribution in [0.4, 0.5) is 26.1 Å². The number of halogens is 2. The molecule has 150 valence electrons. The molecule has 29 heavy (non-hydrogen) atoms. The SMILES string of the molecule is CCN1CCN(c2cc(Nc3ccc(F)c(F)c3)nc(-c3ccccc3)n2)CC1. The Morgan fingerprint density at radius 3 is 2.34 bits per heavy atom. The summed E-state index contributed by atoms with van der Waals surface area (Å²) in [5.41, 5.74) is 1.33. The number of nitrogens with zero attached hydrogens (tertiary/aromatic N) is 4. The van der Waals surface area contributed by atoms with Crippen molar-refractivity contribution in [2.45, 2.75) is 6.92 Å². The molecule has 3 aromatic rings. The minimum atomic E-state index is -0.900. The van der Waals surface area contributed by atoms with Crippen LogP contribution < -0.4 is 10.2 Å². The second-order valence-corrected chi connectivity index (χ2v) is 6.98. The molecule has 1 aliphatic rings. The van der Waals surface area contributed by atoms with Gasteiger partial charge in [0.05, 0.1) is 0 Å². The number of piperazine rings is 1. The minimum absolute atomic E-state index is 0.434. The molecule has 1 aliphatic heterocycles. The summed E-state index contributed by atoms with van der Waals surface area (Å²) >= 11 is 0. The van der Waals surface area contributed by atoms with E-state index in [9.17, 15) is 8.78 Å². The second-order valence-electron chi connectivity index (χ2n) is 6.98. The summed E-state index contributed by atoms with van der Waals surface area (Å²) in [6.45, 7) is 6.92. The fraction of sp³-hybridized carbons (Fsp3) is 0.273. The average molecular weight is 395 g/mol. The summed E-state index contributed by atoms with van der Waals surface area (Å²) in [7, 11) is 0. The molecule has 7 heteroatoms. The molecular formula is C22H23F2N5. The molecule has 0 saturated carbocycles. The van der Waals surface area contributed by atoms with Crippen LogP contribution >= 0.6 is 0 Å². The van der Waals surface area contributed by atoms with Gasteiger partial charge in [-0.2, -0.15) is 0 Å². The number of benzene rings is 2. The van der Waals surface area contributed by atoms with E-state index < -0.39 is 11.6 Å². The van der Waals surface area contributed by atoms with Crippen LogP contribution in [-0.4, -0.2) is 47.6 Å². The van der Waals surface area contributed by atoms with Gasteiger partial charge in [-0.15, -0.1) is 0 Å². The van der Waals surface area contributed by atoms with Gasteiger partial charge in [0.2, 0.25) is 0 Å². The number of hydrogen-bond donors (Lipinski definition) is 1. The first kappa shape index (κ1) is 19.3. The summed E-state index contributed by atoms with van der Waals surface area (Å²) in [6.07, 6.45) is 0. The molecule has 0 aliphatic carbocycles. The fourth-order valence-electron chi connectivity index (χ4n) is 3.39. The standard InChI is InChI=1S/C22H23F2N5/c1-2-28-10-12-29(13-11-28)21-15-20(25-17-8-9-18(23)19(24)14-17)26-22(27-21)16-6-4-3-5-7-16/h3-9,14-15H,2,10-13H2,1H3,(H,25,26,27). The molecule has 2 aromatic carbocycles. The molecule has 5 nitrogen and oxygen atoms in total. The van der Waals surface area contributed by atoms with Gasteiger partial charge in [0.1, 0.15) is 11.6 Å². The van der Waals surface area contributed by atoms with Crippen molar-refractivity contribution in [3.05, 3.63) is 66.2 Å². The van der Waals surface area contributed by atoms with Crippen molar-refractivity contribution in [2.75, 3.05) is 42.9 Å². The van der Waals surface area contributed by atoms with Crippen molar-refractivity contribution in [2.24, 2.45) is 0 Å². The summed E-state index contributed by atoms with van der Waals surface area (Å²) in [5, 5.41) is 3.09. The first-order valence-corrected chi connectivity index (χ1v) is 9.76. The summed E-state index contributed by atoms with van der Waals surface area (Å²) < 4.78 is 26.9. The average Bonchev–Trinajstić information content (AvgIpc) is 2.77. The molecule has 0 bridgehead atoms. The van der Waals surface area contributed by atoms with Crippen LogP contribution in [0.2, 0.25) is 0 Å². The number of nitrogens with one attached hydrogen (secondary N) is 1. The molecule has 0 atom stereocenters. The van der Waals surface area contributed by atoms with E-state index in [-0.39, 0.29) is 0 Å². The highest BCUT2D eigenvalue weighted by Crippen LogP contribution is 2.26. The summed E-state index contributed by atoms with van der Waals surface area (Å²) in [4.78, 5) is 14.0. The zero-order chi connectivity index (χ0) is 20.2. The quantitative estimate of drug-likeness (QED) is 0.698. The lowest BCUT2D eigenvalue weighted by Gasteiger charge is -2.35. The van der Waals surface area contributed by atoms with Gasteiger partial charge >= 0.3 is 0 Å². The van der Waals surface area contributed by atoms with E-state index in [0.29, 0.717) is 17.3 Å². The third-order valence-corrected chi connectivity index (χ3v) is 5.08. The maximum atomic E-state index is 13.6. The van der Waals surface area contributed by atoms with Crippen LogP contribution in [-0.2, 0) is 0 Å². The molecule has 4 rings (SSSR count). The molecule has 0 amide bonds. The van der Waals surface area contributed by atoms with Crippen molar-refractivity contribution < 1.29 is 8.78 Å². The van der Waals surface area contributed by atoms with Gasteiger partial charge < -0.3 is 15.1 Å². The Bertz CT molecular complexity index is 972. The first-order chi connectivity index (χ1) is 14.1. The van der Waals surface area contributed by atoms with Crippen molar-refractivity contribution in [1.82, 2.24) is 14.9 Å². The van der Waals surface area contributed by atoms with E-state index in [1.165, 1.54) is 6.07 Å². The monoisotopic (exact) mass is 395 g/mol. The lowest BCUT2D eigenvalue weighted by molar-refractivity contribution is 0.270. The van der Waals surface area contributed by atoms with Gasteiger partial charge in [0, 0.05) is 49.6 Å². The lowest BCUT2D eigenvalue weighted by Crippen LogP contribution is -2.46. The van der Waals surface area contributed by atoms with Gasteiger partial charge in [-0.1, -0.05) is 37.3 Å². The van der Waals surface area contributed by atoms with Crippen molar-refractivity contribution in [3.8, 4) is 11.4 Å². The molecule has 0 unspecified atom stereocenters. The Hall–Kier alpha value is -3.06. The minimum Gasteiger partial charge on any atom is -0.354 e. The number of rotatable bonds is 5. The number of likely N-dealkylation sites (N-methyl/N-ethyl adjacent to an activating group) is 1. The summed E-state index contributed by atoms with van der Waals surface area (Å²) in [5.74, 6) is 0.171. The van der Waals surface area contributed by atoms with E-state index in [1.807, 2.05) is 36.4 Å². The highest BCUT2D eigenvalue weighted by atomic mass is 19.2. The zero-order valence-corrected chi connectivity index (χ0v) is 16.3. The van der Waals surface area contributed by atoms with Gasteiger partial charge in [-0.05, 0) is 18.7 Å². The predicted molar refractivity (Wildman–Crippen MR) is 111 cm³/mol. The summed E-state index contributed by atoms with van der Waals surface area (Å²) in [6, 6.07) is 15.3. The van der Waals surface area contributed by atoms with Crippen LogP contribution in [0.3, 0.4) is 0 Å². The second kappa shape index (κ2) is 8.53. The fourth-order valence-corrected chi connectivity index (χ4v) is 3.39. The Balaban J connectivity index is 1.67. The highest BCUT2D eigenvalue weighted by molar-refractivity contribution is 5.65. The molecule has 1 aromatic heterocycles. The third kappa shape index (κ3) is 4.51. The Morgan fingerprint density at radius 1 is 0.897 bits per heavy atom. The van der Waals surface area contributed by atoms with Crippen molar-refractivity contribution in [1.29, 1.82) is 0 Å². The molecule has 1 N–H and O–H groups in total. The topological polar surface area (TPSA) is 44.3 Å². The van der Waals surface area contributed by atoms with E-state index in [1.54, 1.807) is 0 Å². The number of anilines is 3. The van der Waals surface area contributed by atoms with Crippen LogP contribution in [0.15, 0.2) is 54.6 Å². The van der Waals surface area contributed by atoms with E-state index >= 15 is 0 Å². The Kier molecular flexibility index (Phi) is 5.67. The Morgan fingerprint density at radius 2 is 1.66 bits per heavy atom. The predicted octanol–water partition coefficient (Wildman–Crippen LogP) is 4.31. The van der Waals surface area contributed by atoms with Gasteiger partial charge in [-0.25, -0.2) is 18.7 Å². The van der Waals surface area contributed by atoms with Crippen LogP contribution in [0.25, 0.3) is 11.4 Å². The molecule has 2 heterocycles. The molecule has 0 radical (unpaired) electrons. The molecule has 1 fully saturated rings. The number of hydrogen-bond acceptors (Lipinski definition) is 5. The van der Waals surface area contributed by atoms with E-state index in [0.717, 1.165) is 56.2 Å². The van der Waals surface area contributed by atoms with E-state index in [4.69, 9.17) is 4.98 Å². The molecule has 0 spiro atoms. The van der Waals surface area contributed by atoms with Gasteiger partial charge in [-0.3, -0.25) is 0 Å². The van der Waals surface area contributed by atoms with Gasteiger partial charge in [0.25, 0.3) is 0 Å². The maximum Gasteiger partial charge on any atom is 0.163 e. The zero-order valence-electron chi connectivity index (χ0n) is 16.3. The Labute approximate surface area is 169 Å². The molecule has 1 saturated heterocycles. The van der Waals surface area contributed by atoms with E-state index in [2.05, 4.69) is 27.0 Å². The van der Waals surface area contributed by atoms with Crippen LogP contribution in [0.1, 0.15) is 6.92 Å². The smallest absolute Gasteiger partial charge is 0.163 e. The van der Waals surface area contributed by atoms with Crippen LogP contribution in [0, 0.1) is 11.6 Å². The normalized spacial score (nSPS) is 14.8. The van der Waals surface area contributed by atoms with Gasteiger partial charge in [0.15, 0.2) is 17.5 Å². The number of aromatic nitrogens is 2. The third-order valence-electron chi connectivity index (χ3n) is 5.08.